The van der Waals surface area contributed by atoms with Crippen LogP contribution in [-0.2, 0) is 0 Å². The first-order valence-electron chi connectivity index (χ1n) is 3.60. The molecule has 0 spiro atoms. The summed E-state index contributed by atoms with van der Waals surface area (Å²) in [6.07, 6.45) is 3.93. The van der Waals surface area contributed by atoms with Crippen LogP contribution in [0.3, 0.4) is 0 Å². The molecule has 0 saturated heterocycles. The van der Waals surface area contributed by atoms with E-state index in [9.17, 15) is 10.1 Å². The van der Waals surface area contributed by atoms with Gasteiger partial charge in [-0.3, -0.25) is 10.1 Å². The van der Waals surface area contributed by atoms with E-state index in [2.05, 4.69) is 0 Å². The molecule has 11 heavy (non-hydrogen) atoms. The third-order valence-corrected chi connectivity index (χ3v) is 1.49. The van der Waals surface area contributed by atoms with Gasteiger partial charge in [-0.15, -0.1) is 0 Å². The lowest BCUT2D eigenvalue weighted by Crippen LogP contribution is -1.98. The first kappa shape index (κ1) is 9.88. The summed E-state index contributed by atoms with van der Waals surface area (Å²) in [5.41, 5.74) is 1.03. The van der Waals surface area contributed by atoms with E-state index < -0.39 is 0 Å². The number of hydrogen-bond donors (Lipinski definition) is 0. The van der Waals surface area contributed by atoms with E-state index in [-0.39, 0.29) is 10.6 Å². The van der Waals surface area contributed by atoms with Gasteiger partial charge >= 0.3 is 0 Å². The molecule has 62 valence electrons. The van der Waals surface area contributed by atoms with Crippen LogP contribution in [0.1, 0.15) is 27.2 Å². The quantitative estimate of drug-likeness (QED) is 0.357. The van der Waals surface area contributed by atoms with Gasteiger partial charge in [-0.2, -0.15) is 0 Å². The molecule has 0 heterocycles. The topological polar surface area (TPSA) is 43.1 Å². The van der Waals surface area contributed by atoms with Gasteiger partial charge in [0.25, 0.3) is 5.70 Å². The van der Waals surface area contributed by atoms with Crippen molar-refractivity contribution in [3.05, 3.63) is 33.5 Å². The summed E-state index contributed by atoms with van der Waals surface area (Å²) in [6.45, 7) is 5.45. The van der Waals surface area contributed by atoms with E-state index in [0.717, 1.165) is 12.0 Å². The number of allylic oxidation sites excluding steroid dienone is 3. The minimum Gasteiger partial charge on any atom is -0.258 e. The monoisotopic (exact) mass is 155 g/mol. The number of nitro groups is 1. The molecule has 0 unspecified atom stereocenters. The average Bonchev–Trinajstić information content (AvgIpc) is 1.98. The number of nitrogens with zero attached hydrogens (tertiary/aromatic N) is 1. The Morgan fingerprint density at radius 3 is 2.45 bits per heavy atom. The van der Waals surface area contributed by atoms with Crippen LogP contribution in [0.25, 0.3) is 0 Å². The Morgan fingerprint density at radius 2 is 2.18 bits per heavy atom. The minimum absolute atomic E-state index is 0.218. The Kier molecular flexibility index (Phi) is 4.18. The van der Waals surface area contributed by atoms with E-state index in [1.807, 2.05) is 6.92 Å². The fraction of sp³-hybridized carbons (Fsp3) is 0.500. The standard InChI is InChI=1S/C8H13NO2/c1-4-6-8(9(10)11)7(3)5-2/h4,6H,5H2,1-3H3/b6-4-,8-7-. The molecule has 3 heteroatoms. The molecule has 0 fully saturated rings. The van der Waals surface area contributed by atoms with Crippen LogP contribution in [-0.4, -0.2) is 4.92 Å². The van der Waals surface area contributed by atoms with Crippen molar-refractivity contribution < 1.29 is 4.92 Å². The molecule has 0 aliphatic rings. The van der Waals surface area contributed by atoms with E-state index in [0.29, 0.717) is 0 Å². The molecule has 0 aromatic rings. The highest BCUT2D eigenvalue weighted by Gasteiger charge is 2.08. The molecular weight excluding hydrogens is 142 g/mol. The lowest BCUT2D eigenvalue weighted by molar-refractivity contribution is -0.420. The summed E-state index contributed by atoms with van der Waals surface area (Å²) in [7, 11) is 0. The second-order valence-electron chi connectivity index (χ2n) is 2.28. The van der Waals surface area contributed by atoms with E-state index in [1.165, 1.54) is 6.08 Å². The third-order valence-electron chi connectivity index (χ3n) is 1.49. The predicted octanol–water partition coefficient (Wildman–Crippen LogP) is 2.52. The largest absolute Gasteiger partial charge is 0.267 e. The van der Waals surface area contributed by atoms with Gasteiger partial charge in [-0.25, -0.2) is 0 Å². The summed E-state index contributed by atoms with van der Waals surface area (Å²) in [6, 6.07) is 0. The Bertz CT molecular complexity index is 204. The van der Waals surface area contributed by atoms with Crippen molar-refractivity contribution in [1.29, 1.82) is 0 Å². The molecule has 0 bridgehead atoms. The Labute approximate surface area is 66.6 Å². The molecule has 0 aliphatic heterocycles. The highest BCUT2D eigenvalue weighted by atomic mass is 16.6. The van der Waals surface area contributed by atoms with Gasteiger partial charge in [0.05, 0.1) is 4.92 Å². The fourth-order valence-electron chi connectivity index (χ4n) is 0.698. The first-order chi connectivity index (χ1) is 5.13. The zero-order valence-corrected chi connectivity index (χ0v) is 7.13. The molecule has 0 rings (SSSR count). The Balaban J connectivity index is 4.72. The molecule has 0 radical (unpaired) electrons. The molecule has 0 aromatic carbocycles. The van der Waals surface area contributed by atoms with Crippen LogP contribution in [0, 0.1) is 10.1 Å². The van der Waals surface area contributed by atoms with Crippen LogP contribution in [0.4, 0.5) is 0 Å². The Morgan fingerprint density at radius 1 is 1.64 bits per heavy atom. The van der Waals surface area contributed by atoms with E-state index in [1.54, 1.807) is 19.9 Å². The summed E-state index contributed by atoms with van der Waals surface area (Å²) < 4.78 is 0. The molecule has 0 amide bonds. The molecule has 0 aliphatic carbocycles. The van der Waals surface area contributed by atoms with Crippen molar-refractivity contribution in [2.45, 2.75) is 27.2 Å². The van der Waals surface area contributed by atoms with Crippen molar-refractivity contribution >= 4 is 0 Å². The summed E-state index contributed by atoms with van der Waals surface area (Å²) in [5.74, 6) is 0. The van der Waals surface area contributed by atoms with Gasteiger partial charge in [0.1, 0.15) is 0 Å². The Hall–Kier alpha value is -1.12. The maximum Gasteiger partial charge on any atom is 0.267 e. The van der Waals surface area contributed by atoms with Crippen LogP contribution < -0.4 is 0 Å². The van der Waals surface area contributed by atoms with Crippen molar-refractivity contribution in [3.8, 4) is 0 Å². The molecule has 3 nitrogen and oxygen atoms in total. The first-order valence-corrected chi connectivity index (χ1v) is 3.60. The maximum absolute atomic E-state index is 10.4. The van der Waals surface area contributed by atoms with Gasteiger partial charge in [-0.05, 0) is 20.3 Å². The van der Waals surface area contributed by atoms with Gasteiger partial charge in [0.2, 0.25) is 0 Å². The molecule has 0 saturated carbocycles. The fourth-order valence-corrected chi connectivity index (χ4v) is 0.698. The SMILES string of the molecule is C/C=C\C(=C(/C)CC)[N+](=O)[O-]. The number of hydrogen-bond acceptors (Lipinski definition) is 2. The van der Waals surface area contributed by atoms with E-state index in [4.69, 9.17) is 0 Å². The molecule has 0 atom stereocenters. The maximum atomic E-state index is 10.4. The molecule has 0 N–H and O–H groups in total. The van der Waals surface area contributed by atoms with Crippen LogP contribution >= 0.6 is 0 Å². The number of rotatable bonds is 3. The van der Waals surface area contributed by atoms with Crippen LogP contribution in [0.15, 0.2) is 23.4 Å². The van der Waals surface area contributed by atoms with Crippen molar-refractivity contribution in [3.63, 3.8) is 0 Å². The highest BCUT2D eigenvalue weighted by Crippen LogP contribution is 2.09. The van der Waals surface area contributed by atoms with Crippen molar-refractivity contribution in [2.75, 3.05) is 0 Å². The highest BCUT2D eigenvalue weighted by molar-refractivity contribution is 5.16. The zero-order chi connectivity index (χ0) is 8.85. The van der Waals surface area contributed by atoms with Crippen LogP contribution in [0.2, 0.25) is 0 Å². The molecule has 0 aromatic heterocycles. The smallest absolute Gasteiger partial charge is 0.258 e. The van der Waals surface area contributed by atoms with Crippen molar-refractivity contribution in [2.24, 2.45) is 0 Å². The second kappa shape index (κ2) is 4.66. The van der Waals surface area contributed by atoms with E-state index >= 15 is 0 Å². The van der Waals surface area contributed by atoms with Gasteiger partial charge in [0.15, 0.2) is 0 Å². The lowest BCUT2D eigenvalue weighted by Gasteiger charge is -1.95. The summed E-state index contributed by atoms with van der Waals surface area (Å²) >= 11 is 0. The second-order valence-corrected chi connectivity index (χ2v) is 2.28. The minimum atomic E-state index is -0.348. The lowest BCUT2D eigenvalue weighted by atomic mass is 10.2. The molecular formula is C8H13NO2. The zero-order valence-electron chi connectivity index (χ0n) is 7.13. The normalized spacial score (nSPS) is 13.4. The van der Waals surface area contributed by atoms with Crippen LogP contribution in [0.5, 0.6) is 0 Å². The van der Waals surface area contributed by atoms with Gasteiger partial charge < -0.3 is 0 Å². The average molecular weight is 155 g/mol. The summed E-state index contributed by atoms with van der Waals surface area (Å²) in [5, 5.41) is 10.4. The predicted molar refractivity (Wildman–Crippen MR) is 44.8 cm³/mol. The van der Waals surface area contributed by atoms with Gasteiger partial charge in [-0.1, -0.05) is 13.0 Å². The van der Waals surface area contributed by atoms with Crippen molar-refractivity contribution in [1.82, 2.24) is 0 Å². The van der Waals surface area contributed by atoms with Gasteiger partial charge in [0, 0.05) is 11.6 Å². The summed E-state index contributed by atoms with van der Waals surface area (Å²) in [4.78, 5) is 10.0. The third kappa shape index (κ3) is 2.98.